The fourth-order valence-corrected chi connectivity index (χ4v) is 1.44. The van der Waals surface area contributed by atoms with Gasteiger partial charge in [0.1, 0.15) is 5.15 Å². The Balaban J connectivity index is 2.29. The molecule has 5 heteroatoms. The topological polar surface area (TPSA) is 43.6 Å². The van der Waals surface area contributed by atoms with Crippen LogP contribution >= 0.6 is 11.6 Å². The van der Waals surface area contributed by atoms with E-state index in [4.69, 9.17) is 11.6 Å². The van der Waals surface area contributed by atoms with Gasteiger partial charge in [0, 0.05) is 18.9 Å². The van der Waals surface area contributed by atoms with Gasteiger partial charge in [-0.1, -0.05) is 18.5 Å². The highest BCUT2D eigenvalue weighted by atomic mass is 35.5. The Morgan fingerprint density at radius 2 is 2.33 bits per heavy atom. The fraction of sp³-hybridized carbons (Fsp3) is 0.300. The highest BCUT2D eigenvalue weighted by Crippen LogP contribution is 2.15. The molecule has 0 atom stereocenters. The number of rotatable bonds is 3. The van der Waals surface area contributed by atoms with Crippen molar-refractivity contribution in [2.24, 2.45) is 0 Å². The van der Waals surface area contributed by atoms with E-state index in [0.29, 0.717) is 11.0 Å². The quantitative estimate of drug-likeness (QED) is 0.749. The van der Waals surface area contributed by atoms with Crippen LogP contribution in [-0.2, 0) is 6.54 Å². The van der Waals surface area contributed by atoms with Crippen molar-refractivity contribution in [2.45, 2.75) is 19.9 Å². The molecule has 0 bridgehead atoms. The van der Waals surface area contributed by atoms with E-state index in [1.807, 2.05) is 10.9 Å². The zero-order valence-electron chi connectivity index (χ0n) is 8.39. The van der Waals surface area contributed by atoms with Gasteiger partial charge in [0.15, 0.2) is 5.82 Å². The van der Waals surface area contributed by atoms with Gasteiger partial charge in [0.25, 0.3) is 0 Å². The third kappa shape index (κ3) is 2.33. The van der Waals surface area contributed by atoms with Crippen molar-refractivity contribution in [1.29, 1.82) is 0 Å². The molecule has 0 aliphatic carbocycles. The van der Waals surface area contributed by atoms with Crippen molar-refractivity contribution < 1.29 is 0 Å². The van der Waals surface area contributed by atoms with E-state index in [-0.39, 0.29) is 0 Å². The monoisotopic (exact) mass is 222 g/mol. The fourth-order valence-electron chi connectivity index (χ4n) is 1.31. The lowest BCUT2D eigenvalue weighted by atomic mass is 10.3. The Kier molecular flexibility index (Phi) is 2.97. The molecule has 0 amide bonds. The molecule has 0 radical (unpaired) electrons. The average molecular weight is 223 g/mol. The van der Waals surface area contributed by atoms with Crippen LogP contribution < -0.4 is 0 Å². The van der Waals surface area contributed by atoms with Crippen LogP contribution in [0.5, 0.6) is 0 Å². The first-order chi connectivity index (χ1) is 7.29. The van der Waals surface area contributed by atoms with Crippen LogP contribution in [0.1, 0.15) is 13.3 Å². The smallest absolute Gasteiger partial charge is 0.163 e. The molecule has 2 aromatic rings. The third-order valence-corrected chi connectivity index (χ3v) is 2.18. The molecule has 78 valence electrons. The molecule has 0 saturated carbocycles. The number of hydrogen-bond donors (Lipinski definition) is 0. The molecule has 0 aliphatic rings. The summed E-state index contributed by atoms with van der Waals surface area (Å²) in [5.41, 5.74) is 0.894. The molecule has 0 aliphatic heterocycles. The molecule has 0 N–H and O–H groups in total. The standard InChI is InChI=1S/C10H11ClN4/c1-2-5-15-7-8(6-13-15)10-12-4-3-9(11)14-10/h3-4,6-7H,2,5H2,1H3. The molecule has 0 spiro atoms. The van der Waals surface area contributed by atoms with Crippen LogP contribution in [0, 0.1) is 0 Å². The van der Waals surface area contributed by atoms with E-state index in [9.17, 15) is 0 Å². The SMILES string of the molecule is CCCn1cc(-c2nccc(Cl)n2)cn1. The van der Waals surface area contributed by atoms with Gasteiger partial charge in [0.2, 0.25) is 0 Å². The average Bonchev–Trinajstić information content (AvgIpc) is 2.67. The zero-order chi connectivity index (χ0) is 10.7. The Morgan fingerprint density at radius 1 is 1.47 bits per heavy atom. The molecule has 4 nitrogen and oxygen atoms in total. The summed E-state index contributed by atoms with van der Waals surface area (Å²) in [5, 5.41) is 4.65. The van der Waals surface area contributed by atoms with E-state index in [1.54, 1.807) is 18.5 Å². The van der Waals surface area contributed by atoms with Crippen molar-refractivity contribution in [3.8, 4) is 11.4 Å². The highest BCUT2D eigenvalue weighted by molar-refractivity contribution is 6.29. The predicted molar refractivity (Wildman–Crippen MR) is 58.6 cm³/mol. The first-order valence-electron chi connectivity index (χ1n) is 4.81. The van der Waals surface area contributed by atoms with Gasteiger partial charge in [-0.3, -0.25) is 4.68 Å². The summed E-state index contributed by atoms with van der Waals surface area (Å²) in [5.74, 6) is 0.616. The number of halogens is 1. The minimum Gasteiger partial charge on any atom is -0.272 e. The molecule has 2 aromatic heterocycles. The largest absolute Gasteiger partial charge is 0.272 e. The third-order valence-electron chi connectivity index (χ3n) is 1.97. The Hall–Kier alpha value is -1.42. The maximum Gasteiger partial charge on any atom is 0.163 e. The van der Waals surface area contributed by atoms with E-state index < -0.39 is 0 Å². The number of aryl methyl sites for hydroxylation is 1. The van der Waals surface area contributed by atoms with Crippen LogP contribution in [0.25, 0.3) is 11.4 Å². The first-order valence-corrected chi connectivity index (χ1v) is 5.19. The molecule has 0 fully saturated rings. The van der Waals surface area contributed by atoms with Gasteiger partial charge >= 0.3 is 0 Å². The molecular weight excluding hydrogens is 212 g/mol. The summed E-state index contributed by atoms with van der Waals surface area (Å²) >= 11 is 5.78. The van der Waals surface area contributed by atoms with Gasteiger partial charge in [-0.2, -0.15) is 5.10 Å². The second-order valence-corrected chi connectivity index (χ2v) is 3.58. The minimum absolute atomic E-state index is 0.447. The molecule has 0 unspecified atom stereocenters. The van der Waals surface area contributed by atoms with E-state index in [0.717, 1.165) is 18.5 Å². The summed E-state index contributed by atoms with van der Waals surface area (Å²) in [7, 11) is 0. The highest BCUT2D eigenvalue weighted by Gasteiger charge is 2.04. The van der Waals surface area contributed by atoms with Gasteiger partial charge in [-0.05, 0) is 12.5 Å². The van der Waals surface area contributed by atoms with E-state index in [1.165, 1.54) is 0 Å². The Labute approximate surface area is 92.9 Å². The molecule has 0 saturated heterocycles. The number of aromatic nitrogens is 4. The summed E-state index contributed by atoms with van der Waals surface area (Å²) in [6.07, 6.45) is 6.37. The van der Waals surface area contributed by atoms with Crippen molar-refractivity contribution in [3.63, 3.8) is 0 Å². The van der Waals surface area contributed by atoms with Crippen molar-refractivity contribution in [2.75, 3.05) is 0 Å². The van der Waals surface area contributed by atoms with E-state index in [2.05, 4.69) is 22.0 Å². The maximum absolute atomic E-state index is 5.78. The van der Waals surface area contributed by atoms with E-state index >= 15 is 0 Å². The lowest BCUT2D eigenvalue weighted by Crippen LogP contribution is -1.95. The van der Waals surface area contributed by atoms with Crippen molar-refractivity contribution in [1.82, 2.24) is 19.7 Å². The maximum atomic E-state index is 5.78. The molecule has 2 heterocycles. The second-order valence-electron chi connectivity index (χ2n) is 3.20. The van der Waals surface area contributed by atoms with Crippen LogP contribution in [0.2, 0.25) is 5.15 Å². The van der Waals surface area contributed by atoms with Gasteiger partial charge < -0.3 is 0 Å². The van der Waals surface area contributed by atoms with Crippen LogP contribution in [0.3, 0.4) is 0 Å². The summed E-state index contributed by atoms with van der Waals surface area (Å²) in [4.78, 5) is 8.25. The Morgan fingerprint density at radius 3 is 3.07 bits per heavy atom. The van der Waals surface area contributed by atoms with Gasteiger partial charge in [-0.25, -0.2) is 9.97 Å². The first kappa shape index (κ1) is 10.1. The number of nitrogens with zero attached hydrogens (tertiary/aromatic N) is 4. The van der Waals surface area contributed by atoms with Gasteiger partial charge in [0.05, 0.1) is 11.8 Å². The molecule has 0 aromatic carbocycles. The zero-order valence-corrected chi connectivity index (χ0v) is 9.15. The Bertz CT molecular complexity index is 452. The van der Waals surface area contributed by atoms with Crippen molar-refractivity contribution in [3.05, 3.63) is 29.8 Å². The molecule has 15 heavy (non-hydrogen) atoms. The summed E-state index contributed by atoms with van der Waals surface area (Å²) in [6, 6.07) is 1.65. The van der Waals surface area contributed by atoms with Crippen LogP contribution in [0.4, 0.5) is 0 Å². The summed E-state index contributed by atoms with van der Waals surface area (Å²) < 4.78 is 1.87. The normalized spacial score (nSPS) is 10.5. The van der Waals surface area contributed by atoms with Gasteiger partial charge in [-0.15, -0.1) is 0 Å². The van der Waals surface area contributed by atoms with Crippen LogP contribution in [-0.4, -0.2) is 19.7 Å². The van der Waals surface area contributed by atoms with Crippen LogP contribution in [0.15, 0.2) is 24.7 Å². The lowest BCUT2D eigenvalue weighted by molar-refractivity contribution is 0.603. The summed E-state index contributed by atoms with van der Waals surface area (Å²) in [6.45, 7) is 3.01. The second kappa shape index (κ2) is 4.40. The molecule has 2 rings (SSSR count). The lowest BCUT2D eigenvalue weighted by Gasteiger charge is -1.96. The predicted octanol–water partition coefficient (Wildman–Crippen LogP) is 2.40. The number of hydrogen-bond acceptors (Lipinski definition) is 3. The minimum atomic E-state index is 0.447. The van der Waals surface area contributed by atoms with Crippen molar-refractivity contribution >= 4 is 11.6 Å². The molecular formula is C10H11ClN4.